The number of esters is 1. The van der Waals surface area contributed by atoms with Crippen LogP contribution in [-0.2, 0) is 0 Å². The number of fused-ring (bicyclic) bond motifs is 1. The van der Waals surface area contributed by atoms with Crippen molar-refractivity contribution < 1.29 is 28.2 Å². The zero-order valence-electron chi connectivity index (χ0n) is 19.6. The highest BCUT2D eigenvalue weighted by Crippen LogP contribution is 2.37. The molecule has 0 aliphatic rings. The van der Waals surface area contributed by atoms with E-state index in [9.17, 15) is 9.59 Å². The van der Waals surface area contributed by atoms with Gasteiger partial charge in [-0.1, -0.05) is 0 Å². The van der Waals surface area contributed by atoms with Crippen LogP contribution in [0.4, 0.5) is 0 Å². The van der Waals surface area contributed by atoms with E-state index in [0.717, 1.165) is 11.1 Å². The number of hydrogen-bond acceptors (Lipinski definition) is 7. The Hall–Kier alpha value is -4.26. The number of aryl methyl sites for hydroxylation is 2. The zero-order chi connectivity index (χ0) is 24.4. The Kier molecular flexibility index (Phi) is 6.27. The van der Waals surface area contributed by atoms with E-state index in [1.54, 1.807) is 54.6 Å². The van der Waals surface area contributed by atoms with Crippen LogP contribution in [0.25, 0.3) is 22.3 Å². The third-order valence-electron chi connectivity index (χ3n) is 5.63. The monoisotopic (exact) mass is 460 g/mol. The molecule has 0 amide bonds. The molecule has 0 N–H and O–H groups in total. The molecule has 0 atom stereocenters. The van der Waals surface area contributed by atoms with Crippen molar-refractivity contribution >= 4 is 16.9 Å². The van der Waals surface area contributed by atoms with Gasteiger partial charge in [0, 0.05) is 5.56 Å². The van der Waals surface area contributed by atoms with Gasteiger partial charge < -0.3 is 23.4 Å². The summed E-state index contributed by atoms with van der Waals surface area (Å²) in [6, 6.07) is 15.0. The molecule has 0 unspecified atom stereocenters. The molecule has 7 heteroatoms. The molecule has 0 aliphatic heterocycles. The number of hydrogen-bond donors (Lipinski definition) is 0. The molecule has 0 radical (unpaired) electrons. The summed E-state index contributed by atoms with van der Waals surface area (Å²) in [4.78, 5) is 26.5. The van der Waals surface area contributed by atoms with Gasteiger partial charge in [-0.2, -0.15) is 0 Å². The predicted molar refractivity (Wildman–Crippen MR) is 128 cm³/mol. The second-order valence-electron chi connectivity index (χ2n) is 7.71. The van der Waals surface area contributed by atoms with Gasteiger partial charge in [0.25, 0.3) is 0 Å². The lowest BCUT2D eigenvalue weighted by Crippen LogP contribution is -2.16. The van der Waals surface area contributed by atoms with Crippen molar-refractivity contribution in [3.05, 3.63) is 81.5 Å². The van der Waals surface area contributed by atoms with E-state index >= 15 is 0 Å². The molecule has 0 saturated carbocycles. The highest BCUT2D eigenvalue weighted by molar-refractivity contribution is 5.93. The van der Waals surface area contributed by atoms with E-state index in [1.165, 1.54) is 21.3 Å². The average Bonchev–Trinajstić information content (AvgIpc) is 2.86. The lowest BCUT2D eigenvalue weighted by molar-refractivity contribution is 0.0731. The van der Waals surface area contributed by atoms with Crippen molar-refractivity contribution in [2.24, 2.45) is 0 Å². The van der Waals surface area contributed by atoms with Crippen molar-refractivity contribution in [1.82, 2.24) is 0 Å². The Balaban J connectivity index is 1.91. The number of ether oxygens (including phenoxy) is 4. The lowest BCUT2D eigenvalue weighted by Gasteiger charge is -2.14. The van der Waals surface area contributed by atoms with Gasteiger partial charge in [-0.25, -0.2) is 4.79 Å². The van der Waals surface area contributed by atoms with Gasteiger partial charge >= 0.3 is 5.97 Å². The van der Waals surface area contributed by atoms with E-state index in [4.69, 9.17) is 23.4 Å². The van der Waals surface area contributed by atoms with Gasteiger partial charge in [0.1, 0.15) is 11.3 Å². The summed E-state index contributed by atoms with van der Waals surface area (Å²) in [5, 5.41) is 0.324. The Bertz CT molecular complexity index is 1430. The van der Waals surface area contributed by atoms with Crippen LogP contribution < -0.4 is 24.4 Å². The maximum atomic E-state index is 13.5. The Morgan fingerprint density at radius 3 is 2.12 bits per heavy atom. The van der Waals surface area contributed by atoms with Gasteiger partial charge in [-0.05, 0) is 79.6 Å². The fraction of sp³-hybridized carbons (Fsp3) is 0.185. The molecule has 4 aromatic rings. The summed E-state index contributed by atoms with van der Waals surface area (Å²) in [5.74, 6) is 0.763. The molecular weight excluding hydrogens is 436 g/mol. The Morgan fingerprint density at radius 2 is 1.47 bits per heavy atom. The van der Waals surface area contributed by atoms with Crippen molar-refractivity contribution in [2.75, 3.05) is 21.3 Å². The Morgan fingerprint density at radius 1 is 0.794 bits per heavy atom. The van der Waals surface area contributed by atoms with Gasteiger partial charge in [-0.3, -0.25) is 4.79 Å². The van der Waals surface area contributed by atoms with Crippen LogP contribution in [0.1, 0.15) is 21.5 Å². The normalized spacial score (nSPS) is 10.7. The van der Waals surface area contributed by atoms with Crippen molar-refractivity contribution in [3.8, 4) is 34.3 Å². The maximum absolute atomic E-state index is 13.5. The molecule has 1 heterocycles. The number of benzene rings is 3. The van der Waals surface area contributed by atoms with E-state index < -0.39 is 11.4 Å². The quantitative estimate of drug-likeness (QED) is 0.360. The summed E-state index contributed by atoms with van der Waals surface area (Å²) in [6.07, 6.45) is 0. The molecule has 4 rings (SSSR count). The SMILES string of the molecule is COc1ccc(C(=O)Oc2c(-c3ccc(OC)c(OC)c3)oc3cc(C)c(C)cc3c2=O)cc1. The molecule has 0 fully saturated rings. The first-order valence-corrected chi connectivity index (χ1v) is 10.5. The fourth-order valence-electron chi connectivity index (χ4n) is 3.57. The summed E-state index contributed by atoms with van der Waals surface area (Å²) >= 11 is 0. The maximum Gasteiger partial charge on any atom is 0.343 e. The Labute approximate surface area is 196 Å². The molecular formula is C27H24O7. The average molecular weight is 460 g/mol. The topological polar surface area (TPSA) is 84.2 Å². The third kappa shape index (κ3) is 4.20. The van der Waals surface area contributed by atoms with Crippen molar-refractivity contribution in [1.29, 1.82) is 0 Å². The third-order valence-corrected chi connectivity index (χ3v) is 5.63. The van der Waals surface area contributed by atoms with Gasteiger partial charge in [0.05, 0.1) is 32.3 Å². The minimum Gasteiger partial charge on any atom is -0.497 e. The van der Waals surface area contributed by atoms with Crippen molar-refractivity contribution in [3.63, 3.8) is 0 Å². The van der Waals surface area contributed by atoms with Gasteiger partial charge in [0.2, 0.25) is 11.2 Å². The van der Waals surface area contributed by atoms with Crippen LogP contribution in [0.5, 0.6) is 23.0 Å². The van der Waals surface area contributed by atoms with Crippen LogP contribution in [0.3, 0.4) is 0 Å². The second-order valence-corrected chi connectivity index (χ2v) is 7.71. The first kappa shape index (κ1) is 22.9. The molecule has 3 aromatic carbocycles. The summed E-state index contributed by atoms with van der Waals surface area (Å²) in [5.41, 5.74) is 2.59. The smallest absolute Gasteiger partial charge is 0.343 e. The standard InChI is InChI=1S/C27H24O7/c1-15-12-20-22(13-16(15)2)33-25(18-8-11-21(31-4)23(14-18)32-5)26(24(20)28)34-27(29)17-6-9-19(30-3)10-7-17/h6-14H,1-5H3. The van der Waals surface area contributed by atoms with E-state index in [2.05, 4.69) is 0 Å². The molecule has 7 nitrogen and oxygen atoms in total. The molecule has 0 aliphatic carbocycles. The molecule has 34 heavy (non-hydrogen) atoms. The van der Waals surface area contributed by atoms with Crippen molar-refractivity contribution in [2.45, 2.75) is 13.8 Å². The number of carbonyl (C=O) groups excluding carboxylic acids is 1. The van der Waals surface area contributed by atoms with Crippen LogP contribution in [0, 0.1) is 13.8 Å². The number of carbonyl (C=O) groups is 1. The highest BCUT2D eigenvalue weighted by atomic mass is 16.5. The molecule has 1 aromatic heterocycles. The largest absolute Gasteiger partial charge is 0.497 e. The van der Waals surface area contributed by atoms with Gasteiger partial charge in [-0.15, -0.1) is 0 Å². The molecule has 0 spiro atoms. The van der Waals surface area contributed by atoms with Crippen LogP contribution in [0.15, 0.2) is 63.8 Å². The first-order chi connectivity index (χ1) is 16.4. The summed E-state index contributed by atoms with van der Waals surface area (Å²) < 4.78 is 27.6. The lowest BCUT2D eigenvalue weighted by atomic mass is 10.0. The van der Waals surface area contributed by atoms with E-state index in [0.29, 0.717) is 33.8 Å². The molecule has 0 bridgehead atoms. The van der Waals surface area contributed by atoms with Crippen LogP contribution >= 0.6 is 0 Å². The summed E-state index contributed by atoms with van der Waals surface area (Å²) in [7, 11) is 4.57. The van der Waals surface area contributed by atoms with E-state index in [-0.39, 0.29) is 17.1 Å². The van der Waals surface area contributed by atoms with Gasteiger partial charge in [0.15, 0.2) is 17.3 Å². The van der Waals surface area contributed by atoms with Crippen LogP contribution in [-0.4, -0.2) is 27.3 Å². The predicted octanol–water partition coefficient (Wildman–Crippen LogP) is 5.32. The molecule has 0 saturated heterocycles. The molecule has 174 valence electrons. The number of rotatable bonds is 6. The minimum absolute atomic E-state index is 0.114. The fourth-order valence-corrected chi connectivity index (χ4v) is 3.57. The minimum atomic E-state index is -0.695. The highest BCUT2D eigenvalue weighted by Gasteiger charge is 2.23. The van der Waals surface area contributed by atoms with E-state index in [1.807, 2.05) is 13.8 Å². The number of methoxy groups -OCH3 is 3. The summed E-state index contributed by atoms with van der Waals surface area (Å²) in [6.45, 7) is 3.84. The first-order valence-electron chi connectivity index (χ1n) is 10.5. The zero-order valence-corrected chi connectivity index (χ0v) is 19.6. The second kappa shape index (κ2) is 9.31. The van der Waals surface area contributed by atoms with Crippen LogP contribution in [0.2, 0.25) is 0 Å².